The Labute approximate surface area is 380 Å². The van der Waals surface area contributed by atoms with E-state index in [9.17, 15) is 28.8 Å². The Kier molecular flexibility index (Phi) is 12.4. The zero-order chi connectivity index (χ0) is 46.1. The van der Waals surface area contributed by atoms with E-state index in [1.807, 2.05) is 41.3 Å². The number of nitrogens with two attached hydrogens (primary N) is 1. The van der Waals surface area contributed by atoms with E-state index in [-0.39, 0.29) is 52.9 Å². The molecule has 66 heavy (non-hydrogen) atoms. The van der Waals surface area contributed by atoms with Gasteiger partial charge >= 0.3 is 0 Å². The first-order chi connectivity index (χ1) is 31.9. The predicted molar refractivity (Wildman–Crippen MR) is 243 cm³/mol. The lowest BCUT2D eigenvalue weighted by Gasteiger charge is -2.38. The molecule has 0 saturated carbocycles. The van der Waals surface area contributed by atoms with Gasteiger partial charge < -0.3 is 36.2 Å². The van der Waals surface area contributed by atoms with Crippen molar-refractivity contribution in [2.45, 2.75) is 57.0 Å². The van der Waals surface area contributed by atoms with E-state index < -0.39 is 41.4 Å². The number of imide groups is 2. The van der Waals surface area contributed by atoms with E-state index in [0.717, 1.165) is 61.8 Å². The SMILES string of the molecule is N=C(/C(C(N)=O)=C1\NCCc2cc(C(=O)NC3CCN(CC4CCN(c5cc6c(cc5F)C(=O)N(C5CCC(=O)NC5=O)C6=O)CC4)CC3)ccc2N1)c1ccc(Oc2ccccc2)cc1. The Morgan fingerprint density at radius 2 is 1.47 bits per heavy atom. The topological polar surface area (TPSA) is 219 Å². The number of para-hydroxylation sites is 1. The second-order valence-electron chi connectivity index (χ2n) is 17.4. The second kappa shape index (κ2) is 18.6. The highest BCUT2D eigenvalue weighted by Crippen LogP contribution is 2.35. The Morgan fingerprint density at radius 1 is 0.788 bits per heavy atom. The number of nitrogens with one attached hydrogen (secondary N) is 5. The summed E-state index contributed by atoms with van der Waals surface area (Å²) in [4.78, 5) is 82.1. The van der Waals surface area contributed by atoms with Crippen LogP contribution in [0.25, 0.3) is 0 Å². The molecule has 0 radical (unpaired) electrons. The number of ether oxygens (including phenoxy) is 1. The third-order valence-electron chi connectivity index (χ3n) is 13.1. The third kappa shape index (κ3) is 9.11. The predicted octanol–water partition coefficient (Wildman–Crippen LogP) is 4.45. The number of amides is 6. The van der Waals surface area contributed by atoms with Gasteiger partial charge in [-0.3, -0.25) is 44.4 Å². The lowest BCUT2D eigenvalue weighted by Crippen LogP contribution is -2.54. The van der Waals surface area contributed by atoms with Gasteiger partial charge in [0.1, 0.15) is 34.8 Å². The minimum absolute atomic E-state index is 0.00439. The van der Waals surface area contributed by atoms with Crippen molar-refractivity contribution in [3.05, 3.63) is 130 Å². The summed E-state index contributed by atoms with van der Waals surface area (Å²) < 4.78 is 21.4. The summed E-state index contributed by atoms with van der Waals surface area (Å²) in [6.07, 6.45) is 3.81. The summed E-state index contributed by atoms with van der Waals surface area (Å²) in [6, 6.07) is 23.0. The maximum absolute atomic E-state index is 15.5. The van der Waals surface area contributed by atoms with E-state index in [1.165, 1.54) is 6.07 Å². The number of anilines is 2. The van der Waals surface area contributed by atoms with Crippen LogP contribution >= 0.6 is 0 Å². The van der Waals surface area contributed by atoms with E-state index in [1.54, 1.807) is 36.4 Å². The largest absolute Gasteiger partial charge is 0.457 e. The van der Waals surface area contributed by atoms with Crippen LogP contribution in [0, 0.1) is 17.1 Å². The minimum Gasteiger partial charge on any atom is -0.457 e. The van der Waals surface area contributed by atoms with Gasteiger partial charge in [-0.2, -0.15) is 0 Å². The smallest absolute Gasteiger partial charge is 0.262 e. The van der Waals surface area contributed by atoms with Crippen LogP contribution in [0.3, 0.4) is 0 Å². The molecule has 5 aliphatic heterocycles. The van der Waals surface area contributed by atoms with Crippen molar-refractivity contribution in [1.29, 1.82) is 5.41 Å². The van der Waals surface area contributed by atoms with Gasteiger partial charge in [0, 0.05) is 68.5 Å². The zero-order valence-electron chi connectivity index (χ0n) is 36.2. The number of fused-ring (bicyclic) bond motifs is 2. The molecule has 6 amide bonds. The maximum Gasteiger partial charge on any atom is 0.262 e. The van der Waals surface area contributed by atoms with Gasteiger partial charge in [0.25, 0.3) is 23.6 Å². The molecule has 7 N–H and O–H groups in total. The van der Waals surface area contributed by atoms with E-state index >= 15 is 4.39 Å². The minimum atomic E-state index is -1.12. The molecule has 1 unspecified atom stereocenters. The molecular formula is C49H50FN9O7. The van der Waals surface area contributed by atoms with Gasteiger partial charge in [0.05, 0.1) is 22.5 Å². The van der Waals surface area contributed by atoms with Crippen LogP contribution in [0.5, 0.6) is 11.5 Å². The van der Waals surface area contributed by atoms with Gasteiger partial charge in [-0.25, -0.2) is 4.39 Å². The van der Waals surface area contributed by atoms with Crippen LogP contribution in [0.1, 0.15) is 80.7 Å². The fourth-order valence-electron chi connectivity index (χ4n) is 9.52. The molecule has 5 aliphatic rings. The number of benzene rings is 4. The molecule has 4 aromatic carbocycles. The summed E-state index contributed by atoms with van der Waals surface area (Å²) in [5, 5.41) is 20.8. The van der Waals surface area contributed by atoms with Crippen LogP contribution < -0.4 is 36.6 Å². The molecule has 4 aromatic rings. The van der Waals surface area contributed by atoms with Gasteiger partial charge in [0.2, 0.25) is 11.8 Å². The summed E-state index contributed by atoms with van der Waals surface area (Å²) in [6.45, 7) is 4.11. The standard InChI is InChI=1S/C49H50FN9O7/c50-37-25-35-36(49(65)59(48(35)64)39-12-13-41(60)56-47(39)63)26-40(37)58-22-15-28(16-23-58)27-57-20-17-32(18-21-57)54-46(62)31-8-11-38-30(24-31)14-19-53-45(55-38)42(44(52)61)43(51)29-6-9-34(10-7-29)66-33-4-2-1-3-5-33/h1-11,24-26,28,32,39,51,53,55H,12-23,27H2,(H2,52,61)(H,54,62)(H,56,60,63)/b45-42-,51-43?. The zero-order valence-corrected chi connectivity index (χ0v) is 36.2. The molecule has 340 valence electrons. The van der Waals surface area contributed by atoms with Crippen molar-refractivity contribution in [3.63, 3.8) is 0 Å². The third-order valence-corrected chi connectivity index (χ3v) is 13.1. The van der Waals surface area contributed by atoms with E-state index in [0.29, 0.717) is 66.1 Å². The molecule has 0 bridgehead atoms. The average molecular weight is 896 g/mol. The number of halogens is 1. The van der Waals surface area contributed by atoms with E-state index in [2.05, 4.69) is 26.2 Å². The van der Waals surface area contributed by atoms with Crippen LogP contribution in [-0.4, -0.2) is 102 Å². The van der Waals surface area contributed by atoms with Crippen LogP contribution in [0.15, 0.2) is 96.3 Å². The summed E-state index contributed by atoms with van der Waals surface area (Å²) >= 11 is 0. The summed E-state index contributed by atoms with van der Waals surface area (Å²) in [7, 11) is 0. The first-order valence-corrected chi connectivity index (χ1v) is 22.3. The molecular weight excluding hydrogens is 846 g/mol. The number of rotatable bonds is 11. The number of piperidine rings is 3. The number of carbonyl (C=O) groups excluding carboxylic acids is 6. The number of primary amides is 1. The lowest BCUT2D eigenvalue weighted by atomic mass is 9.94. The number of nitrogens with zero attached hydrogens (tertiary/aromatic N) is 3. The van der Waals surface area contributed by atoms with Crippen LogP contribution in [0.4, 0.5) is 15.8 Å². The Morgan fingerprint density at radius 3 is 2.17 bits per heavy atom. The fraction of sp³-hybridized carbons (Fsp3) is 0.327. The quantitative estimate of drug-likeness (QED) is 0.0702. The van der Waals surface area contributed by atoms with Crippen molar-refractivity contribution in [2.24, 2.45) is 11.7 Å². The summed E-state index contributed by atoms with van der Waals surface area (Å²) in [5.74, 6) is -2.14. The number of likely N-dealkylation sites (tertiary alicyclic amines) is 1. The molecule has 16 nitrogen and oxygen atoms in total. The maximum atomic E-state index is 15.5. The first-order valence-electron chi connectivity index (χ1n) is 22.3. The van der Waals surface area contributed by atoms with Crippen molar-refractivity contribution in [3.8, 4) is 11.5 Å². The Balaban J connectivity index is 0.753. The second-order valence-corrected chi connectivity index (χ2v) is 17.4. The number of carbonyl (C=O) groups is 6. The fourth-order valence-corrected chi connectivity index (χ4v) is 9.52. The van der Waals surface area contributed by atoms with Gasteiger partial charge in [-0.05, 0) is 117 Å². The van der Waals surface area contributed by atoms with Crippen molar-refractivity contribution in [1.82, 2.24) is 25.8 Å². The number of hydrogen-bond acceptors (Lipinski definition) is 12. The van der Waals surface area contributed by atoms with Gasteiger partial charge in [-0.1, -0.05) is 18.2 Å². The molecule has 9 rings (SSSR count). The number of hydrogen-bond donors (Lipinski definition) is 6. The normalized spacial score (nSPS) is 20.0. The molecule has 17 heteroatoms. The highest BCUT2D eigenvalue weighted by molar-refractivity contribution is 6.27. The highest BCUT2D eigenvalue weighted by atomic mass is 19.1. The average Bonchev–Trinajstić information content (AvgIpc) is 3.41. The van der Waals surface area contributed by atoms with Crippen LogP contribution in [-0.2, 0) is 20.8 Å². The van der Waals surface area contributed by atoms with Gasteiger partial charge in [0.15, 0.2) is 0 Å². The molecule has 5 heterocycles. The molecule has 0 aromatic heterocycles. The molecule has 3 saturated heterocycles. The molecule has 0 spiro atoms. The molecule has 0 aliphatic carbocycles. The van der Waals surface area contributed by atoms with Crippen molar-refractivity contribution in [2.75, 3.05) is 49.5 Å². The summed E-state index contributed by atoms with van der Waals surface area (Å²) in [5.41, 5.74) is 8.63. The van der Waals surface area contributed by atoms with Gasteiger partial charge in [-0.15, -0.1) is 0 Å². The first kappa shape index (κ1) is 43.8. The Hall–Kier alpha value is -7.40. The molecule has 1 atom stereocenters. The lowest BCUT2D eigenvalue weighted by molar-refractivity contribution is -0.136. The monoisotopic (exact) mass is 895 g/mol. The van der Waals surface area contributed by atoms with Crippen LogP contribution in [0.2, 0.25) is 0 Å². The van der Waals surface area contributed by atoms with Crippen molar-refractivity contribution >= 4 is 52.5 Å². The molecule has 3 fully saturated rings. The van der Waals surface area contributed by atoms with E-state index in [4.69, 9.17) is 15.9 Å². The highest BCUT2D eigenvalue weighted by Gasteiger charge is 2.45. The Bertz CT molecular complexity index is 2660. The van der Waals surface area contributed by atoms with Crippen molar-refractivity contribution < 1.29 is 37.9 Å².